The average Bonchev–Trinajstić information content (AvgIpc) is 2.85. The second kappa shape index (κ2) is 14.1. The van der Waals surface area contributed by atoms with Crippen LogP contribution in [0.4, 0.5) is 0 Å². The fourth-order valence-corrected chi connectivity index (χ4v) is 4.76. The highest BCUT2D eigenvalue weighted by Crippen LogP contribution is 2.28. The second-order valence-corrected chi connectivity index (χ2v) is 8.95. The van der Waals surface area contributed by atoms with Crippen molar-refractivity contribution in [3.05, 3.63) is 71.3 Å². The van der Waals surface area contributed by atoms with Gasteiger partial charge in [0, 0.05) is 24.8 Å². The van der Waals surface area contributed by atoms with E-state index in [0.717, 1.165) is 24.1 Å². The molecular weight excluding hydrogens is 412 g/mol. The first kappa shape index (κ1) is 25.4. The van der Waals surface area contributed by atoms with Crippen molar-refractivity contribution in [2.75, 3.05) is 33.4 Å². The molecule has 2 aromatic rings. The summed E-state index contributed by atoms with van der Waals surface area (Å²) >= 11 is 0. The fraction of sp³-hybridized carbons (Fsp3) is 0.536. The zero-order valence-electron chi connectivity index (χ0n) is 20.2. The van der Waals surface area contributed by atoms with Crippen molar-refractivity contribution in [2.45, 2.75) is 57.6 Å². The van der Waals surface area contributed by atoms with Gasteiger partial charge in [0.05, 0.1) is 13.2 Å². The number of benzene rings is 2. The molecule has 0 aromatic heterocycles. The maximum Gasteiger partial charge on any atom is 0.251 e. The monoisotopic (exact) mass is 452 g/mol. The van der Waals surface area contributed by atoms with E-state index in [1.165, 1.54) is 32.1 Å². The third kappa shape index (κ3) is 8.26. The molecule has 0 spiro atoms. The number of hydrogen-bond acceptors (Lipinski definition) is 4. The van der Waals surface area contributed by atoms with E-state index in [0.29, 0.717) is 31.3 Å². The summed E-state index contributed by atoms with van der Waals surface area (Å²) in [5.41, 5.74) is 2.71. The summed E-state index contributed by atoms with van der Waals surface area (Å²) in [7, 11) is 1.95. The lowest BCUT2D eigenvalue weighted by molar-refractivity contribution is 0.0233. The summed E-state index contributed by atoms with van der Waals surface area (Å²) in [5, 5.41) is 6.54. The lowest BCUT2D eigenvalue weighted by Gasteiger charge is -2.27. The number of rotatable bonds is 13. The van der Waals surface area contributed by atoms with Crippen LogP contribution in [0.5, 0.6) is 0 Å². The molecule has 0 saturated heterocycles. The summed E-state index contributed by atoms with van der Waals surface area (Å²) in [5.74, 6) is 0.693. The first-order valence-electron chi connectivity index (χ1n) is 12.5. The van der Waals surface area contributed by atoms with Crippen LogP contribution >= 0.6 is 0 Å². The molecule has 0 aliphatic heterocycles. The number of ether oxygens (including phenoxy) is 2. The van der Waals surface area contributed by atoms with Crippen LogP contribution in [0.1, 0.15) is 73.0 Å². The summed E-state index contributed by atoms with van der Waals surface area (Å²) in [6, 6.07) is 18.1. The topological polar surface area (TPSA) is 59.6 Å². The number of carbonyl (C=O) groups excluding carboxylic acids is 1. The van der Waals surface area contributed by atoms with Crippen molar-refractivity contribution in [3.8, 4) is 0 Å². The van der Waals surface area contributed by atoms with Gasteiger partial charge in [-0.05, 0) is 49.6 Å². The van der Waals surface area contributed by atoms with E-state index in [1.807, 2.05) is 56.4 Å². The van der Waals surface area contributed by atoms with Crippen molar-refractivity contribution >= 4 is 5.91 Å². The van der Waals surface area contributed by atoms with Crippen LogP contribution in [0, 0.1) is 5.92 Å². The Hall–Kier alpha value is -2.21. The van der Waals surface area contributed by atoms with Gasteiger partial charge in [-0.25, -0.2) is 0 Å². The van der Waals surface area contributed by atoms with Gasteiger partial charge in [-0.3, -0.25) is 4.79 Å². The van der Waals surface area contributed by atoms with Gasteiger partial charge in [-0.1, -0.05) is 74.6 Å². The first-order chi connectivity index (χ1) is 16.2. The predicted molar refractivity (Wildman–Crippen MR) is 134 cm³/mol. The maximum atomic E-state index is 13.2. The number of amides is 1. The van der Waals surface area contributed by atoms with Gasteiger partial charge in [-0.15, -0.1) is 0 Å². The van der Waals surface area contributed by atoms with Crippen LogP contribution in [0.2, 0.25) is 0 Å². The molecular formula is C28H40N2O3. The number of likely N-dealkylation sites (N-methyl/N-ethyl adjacent to an activating group) is 1. The lowest BCUT2D eigenvalue weighted by Crippen LogP contribution is -2.42. The first-order valence-corrected chi connectivity index (χ1v) is 12.5. The molecule has 5 heteroatoms. The summed E-state index contributed by atoms with van der Waals surface area (Å²) in [6.07, 6.45) is 7.34. The third-order valence-electron chi connectivity index (χ3n) is 6.40. The van der Waals surface area contributed by atoms with Crippen molar-refractivity contribution in [3.63, 3.8) is 0 Å². The highest BCUT2D eigenvalue weighted by molar-refractivity contribution is 5.94. The molecule has 0 heterocycles. The molecule has 33 heavy (non-hydrogen) atoms. The van der Waals surface area contributed by atoms with Crippen LogP contribution in [0.25, 0.3) is 0 Å². The van der Waals surface area contributed by atoms with E-state index < -0.39 is 0 Å². The number of carbonyl (C=O) groups is 1. The SMILES string of the molecule is CCOCCOC(c1ccccc1)c1cccc(C(=O)NC(CNC)CC2CCCCC2)c1. The van der Waals surface area contributed by atoms with Crippen LogP contribution in [0.3, 0.4) is 0 Å². The molecule has 2 atom stereocenters. The smallest absolute Gasteiger partial charge is 0.251 e. The van der Waals surface area contributed by atoms with Crippen molar-refractivity contribution < 1.29 is 14.3 Å². The highest BCUT2D eigenvalue weighted by Gasteiger charge is 2.22. The van der Waals surface area contributed by atoms with Crippen LogP contribution in [0.15, 0.2) is 54.6 Å². The minimum Gasteiger partial charge on any atom is -0.379 e. The Balaban J connectivity index is 1.71. The van der Waals surface area contributed by atoms with E-state index in [2.05, 4.69) is 22.8 Å². The fourth-order valence-electron chi connectivity index (χ4n) is 4.76. The Bertz CT molecular complexity index is 821. The number of nitrogens with one attached hydrogen (secondary N) is 2. The van der Waals surface area contributed by atoms with Crippen molar-refractivity contribution in [1.29, 1.82) is 0 Å². The molecule has 1 aliphatic carbocycles. The minimum absolute atomic E-state index is 0.0194. The van der Waals surface area contributed by atoms with Gasteiger partial charge in [-0.2, -0.15) is 0 Å². The quantitative estimate of drug-likeness (QED) is 0.414. The molecule has 1 amide bonds. The Morgan fingerprint density at radius 1 is 1.00 bits per heavy atom. The van der Waals surface area contributed by atoms with Gasteiger partial charge in [0.15, 0.2) is 0 Å². The van der Waals surface area contributed by atoms with E-state index >= 15 is 0 Å². The summed E-state index contributed by atoms with van der Waals surface area (Å²) in [4.78, 5) is 13.2. The van der Waals surface area contributed by atoms with E-state index in [9.17, 15) is 4.79 Å². The van der Waals surface area contributed by atoms with E-state index in [4.69, 9.17) is 9.47 Å². The molecule has 1 fully saturated rings. The molecule has 2 unspecified atom stereocenters. The normalized spacial score (nSPS) is 16.3. The zero-order chi connectivity index (χ0) is 23.3. The van der Waals surface area contributed by atoms with E-state index in [-0.39, 0.29) is 18.1 Å². The van der Waals surface area contributed by atoms with Crippen molar-refractivity contribution in [2.24, 2.45) is 5.92 Å². The maximum absolute atomic E-state index is 13.2. The highest BCUT2D eigenvalue weighted by atomic mass is 16.5. The minimum atomic E-state index is -0.241. The summed E-state index contributed by atoms with van der Waals surface area (Å²) < 4.78 is 11.7. The number of hydrogen-bond donors (Lipinski definition) is 2. The van der Waals surface area contributed by atoms with Crippen LogP contribution in [-0.2, 0) is 9.47 Å². The van der Waals surface area contributed by atoms with Gasteiger partial charge in [0.25, 0.3) is 5.91 Å². The molecule has 0 bridgehead atoms. The van der Waals surface area contributed by atoms with Gasteiger partial charge in [0.2, 0.25) is 0 Å². The van der Waals surface area contributed by atoms with Gasteiger partial charge in [0.1, 0.15) is 6.10 Å². The molecule has 2 aromatic carbocycles. The largest absolute Gasteiger partial charge is 0.379 e. The standard InChI is InChI=1S/C28H40N2O3/c1-3-32-17-18-33-27(23-13-8-5-9-14-23)24-15-10-16-25(20-24)28(31)30-26(21-29-2)19-22-11-6-4-7-12-22/h5,8-10,13-16,20,22,26-27,29H,3-4,6-7,11-12,17-19,21H2,1-2H3,(H,30,31). The Labute approximate surface area is 199 Å². The molecule has 5 nitrogen and oxygen atoms in total. The zero-order valence-corrected chi connectivity index (χ0v) is 20.2. The van der Waals surface area contributed by atoms with Gasteiger partial charge >= 0.3 is 0 Å². The second-order valence-electron chi connectivity index (χ2n) is 8.95. The van der Waals surface area contributed by atoms with Crippen LogP contribution in [-0.4, -0.2) is 45.4 Å². The molecule has 0 radical (unpaired) electrons. The summed E-state index contributed by atoms with van der Waals surface area (Å²) in [6.45, 7) is 4.48. The predicted octanol–water partition coefficient (Wildman–Crippen LogP) is 5.12. The Morgan fingerprint density at radius 3 is 2.48 bits per heavy atom. The van der Waals surface area contributed by atoms with Crippen LogP contribution < -0.4 is 10.6 Å². The van der Waals surface area contributed by atoms with E-state index in [1.54, 1.807) is 0 Å². The van der Waals surface area contributed by atoms with Crippen molar-refractivity contribution in [1.82, 2.24) is 10.6 Å². The third-order valence-corrected chi connectivity index (χ3v) is 6.40. The molecule has 1 saturated carbocycles. The molecule has 2 N–H and O–H groups in total. The lowest BCUT2D eigenvalue weighted by atomic mass is 9.84. The van der Waals surface area contributed by atoms with Gasteiger partial charge < -0.3 is 20.1 Å². The Morgan fingerprint density at radius 2 is 1.76 bits per heavy atom. The Kier molecular flexibility index (Phi) is 10.9. The molecule has 1 aliphatic rings. The molecule has 180 valence electrons. The molecule has 3 rings (SSSR count). The average molecular weight is 453 g/mol.